The van der Waals surface area contributed by atoms with Gasteiger partial charge in [0.25, 0.3) is 5.91 Å². The number of aryl methyl sites for hydroxylation is 1. The minimum Gasteiger partial charge on any atom is -0.350 e. The van der Waals surface area contributed by atoms with Gasteiger partial charge in [-0.1, -0.05) is 15.9 Å². The Bertz CT molecular complexity index is 631. The van der Waals surface area contributed by atoms with Gasteiger partial charge in [-0.2, -0.15) is 0 Å². The molecule has 0 spiro atoms. The molecule has 1 fully saturated rings. The minimum absolute atomic E-state index is 0.00409. The highest BCUT2D eigenvalue weighted by atomic mass is 79.9. The van der Waals surface area contributed by atoms with Crippen molar-refractivity contribution in [1.29, 1.82) is 0 Å². The molecule has 1 heterocycles. The smallest absolute Gasteiger partial charge is 0.254 e. The summed E-state index contributed by atoms with van der Waals surface area (Å²) < 4.78 is 0.955. The molecule has 1 aromatic rings. The van der Waals surface area contributed by atoms with Crippen LogP contribution in [0.15, 0.2) is 22.7 Å². The molecule has 0 aliphatic carbocycles. The van der Waals surface area contributed by atoms with E-state index in [2.05, 4.69) is 21.2 Å². The van der Waals surface area contributed by atoms with Gasteiger partial charge in [-0.3, -0.25) is 9.59 Å². The third kappa shape index (κ3) is 4.57. The van der Waals surface area contributed by atoms with Gasteiger partial charge < -0.3 is 16.0 Å². The SMILES string of the molecule is Cc1cc(Br)ccc1C(=O)N1CCCC(C(=O)NC(C)(C)CN)C1. The number of hydrogen-bond acceptors (Lipinski definition) is 3. The van der Waals surface area contributed by atoms with Crippen LogP contribution in [0, 0.1) is 12.8 Å². The Morgan fingerprint density at radius 2 is 2.12 bits per heavy atom. The maximum absolute atomic E-state index is 12.8. The molecular formula is C18H26BrN3O2. The van der Waals surface area contributed by atoms with Gasteiger partial charge in [-0.25, -0.2) is 0 Å². The number of nitrogens with zero attached hydrogens (tertiary/aromatic N) is 1. The van der Waals surface area contributed by atoms with Crippen LogP contribution in [0.25, 0.3) is 0 Å². The van der Waals surface area contributed by atoms with Gasteiger partial charge >= 0.3 is 0 Å². The summed E-state index contributed by atoms with van der Waals surface area (Å²) in [6, 6.07) is 5.65. The van der Waals surface area contributed by atoms with Crippen molar-refractivity contribution in [2.75, 3.05) is 19.6 Å². The lowest BCUT2D eigenvalue weighted by Gasteiger charge is -2.34. The zero-order chi connectivity index (χ0) is 17.9. The van der Waals surface area contributed by atoms with Crippen molar-refractivity contribution in [2.45, 2.75) is 39.2 Å². The zero-order valence-corrected chi connectivity index (χ0v) is 16.1. The second-order valence-electron chi connectivity index (χ2n) is 7.13. The van der Waals surface area contributed by atoms with Crippen LogP contribution < -0.4 is 11.1 Å². The van der Waals surface area contributed by atoms with Crippen molar-refractivity contribution in [3.63, 3.8) is 0 Å². The maximum atomic E-state index is 12.8. The Morgan fingerprint density at radius 1 is 1.42 bits per heavy atom. The van der Waals surface area contributed by atoms with Gasteiger partial charge in [0.05, 0.1) is 5.92 Å². The van der Waals surface area contributed by atoms with E-state index in [4.69, 9.17) is 5.73 Å². The van der Waals surface area contributed by atoms with Crippen LogP contribution in [0.4, 0.5) is 0 Å². The van der Waals surface area contributed by atoms with Crippen LogP contribution >= 0.6 is 15.9 Å². The molecule has 0 bridgehead atoms. The van der Waals surface area contributed by atoms with Gasteiger partial charge in [0.2, 0.25) is 5.91 Å². The summed E-state index contributed by atoms with van der Waals surface area (Å²) in [4.78, 5) is 27.1. The largest absolute Gasteiger partial charge is 0.350 e. The molecule has 2 amide bonds. The molecule has 0 aromatic heterocycles. The summed E-state index contributed by atoms with van der Waals surface area (Å²) in [7, 11) is 0. The number of carbonyl (C=O) groups excluding carboxylic acids is 2. The number of likely N-dealkylation sites (tertiary alicyclic amines) is 1. The van der Waals surface area contributed by atoms with Crippen LogP contribution in [0.2, 0.25) is 0 Å². The van der Waals surface area contributed by atoms with Gasteiger partial charge in [-0.05, 0) is 57.4 Å². The highest BCUT2D eigenvalue weighted by Crippen LogP contribution is 2.22. The number of benzene rings is 1. The van der Waals surface area contributed by atoms with E-state index in [0.29, 0.717) is 25.2 Å². The number of nitrogens with two attached hydrogens (primary N) is 1. The van der Waals surface area contributed by atoms with Gasteiger partial charge in [0.1, 0.15) is 0 Å². The average molecular weight is 396 g/mol. The normalized spacial score (nSPS) is 18.4. The summed E-state index contributed by atoms with van der Waals surface area (Å²) in [5, 5.41) is 2.99. The molecule has 1 atom stereocenters. The van der Waals surface area contributed by atoms with Crippen LogP contribution in [-0.2, 0) is 4.79 Å². The van der Waals surface area contributed by atoms with Crippen molar-refractivity contribution in [3.05, 3.63) is 33.8 Å². The number of nitrogens with one attached hydrogen (secondary N) is 1. The van der Waals surface area contributed by atoms with Crippen molar-refractivity contribution in [3.8, 4) is 0 Å². The van der Waals surface area contributed by atoms with E-state index in [-0.39, 0.29) is 17.7 Å². The molecule has 132 valence electrons. The van der Waals surface area contributed by atoms with E-state index in [1.165, 1.54) is 0 Å². The highest BCUT2D eigenvalue weighted by Gasteiger charge is 2.31. The zero-order valence-electron chi connectivity index (χ0n) is 14.6. The Kier molecular flexibility index (Phi) is 6.04. The number of hydrogen-bond donors (Lipinski definition) is 2. The van der Waals surface area contributed by atoms with Crippen molar-refractivity contribution >= 4 is 27.7 Å². The number of rotatable bonds is 4. The Labute approximate surface area is 152 Å². The Morgan fingerprint density at radius 3 is 2.75 bits per heavy atom. The lowest BCUT2D eigenvalue weighted by atomic mass is 9.94. The first-order valence-electron chi connectivity index (χ1n) is 8.31. The lowest BCUT2D eigenvalue weighted by molar-refractivity contribution is -0.127. The molecule has 5 nitrogen and oxygen atoms in total. The van der Waals surface area contributed by atoms with Crippen LogP contribution in [0.1, 0.15) is 42.6 Å². The van der Waals surface area contributed by atoms with Gasteiger partial charge in [0.15, 0.2) is 0 Å². The second kappa shape index (κ2) is 7.66. The van der Waals surface area contributed by atoms with Gasteiger partial charge in [-0.15, -0.1) is 0 Å². The maximum Gasteiger partial charge on any atom is 0.254 e. The number of carbonyl (C=O) groups is 2. The number of piperidine rings is 1. The molecule has 1 unspecified atom stereocenters. The average Bonchev–Trinajstić information content (AvgIpc) is 2.54. The Balaban J connectivity index is 2.07. The first kappa shape index (κ1) is 18.9. The van der Waals surface area contributed by atoms with Crippen LogP contribution in [0.3, 0.4) is 0 Å². The molecule has 3 N–H and O–H groups in total. The van der Waals surface area contributed by atoms with Crippen molar-refractivity contribution < 1.29 is 9.59 Å². The predicted molar refractivity (Wildman–Crippen MR) is 98.8 cm³/mol. The molecule has 6 heteroatoms. The molecule has 0 saturated carbocycles. The quantitative estimate of drug-likeness (QED) is 0.821. The molecule has 1 aliphatic rings. The fourth-order valence-corrected chi connectivity index (χ4v) is 3.38. The standard InChI is InChI=1S/C18H26BrN3O2/c1-12-9-14(19)6-7-15(12)17(24)22-8-4-5-13(10-22)16(23)21-18(2,3)11-20/h6-7,9,13H,4-5,8,10-11,20H2,1-3H3,(H,21,23). The minimum atomic E-state index is -0.425. The summed E-state index contributed by atoms with van der Waals surface area (Å²) in [5.74, 6) is -0.199. The van der Waals surface area contributed by atoms with E-state index in [9.17, 15) is 9.59 Å². The molecule has 0 radical (unpaired) electrons. The third-order valence-corrected chi connectivity index (χ3v) is 4.96. The molecular weight excluding hydrogens is 370 g/mol. The van der Waals surface area contributed by atoms with E-state index < -0.39 is 5.54 Å². The van der Waals surface area contributed by atoms with E-state index in [0.717, 1.165) is 22.9 Å². The van der Waals surface area contributed by atoms with Crippen LogP contribution in [0.5, 0.6) is 0 Å². The summed E-state index contributed by atoms with van der Waals surface area (Å²) in [6.07, 6.45) is 1.64. The van der Waals surface area contributed by atoms with Gasteiger partial charge in [0, 0.05) is 35.2 Å². The summed E-state index contributed by atoms with van der Waals surface area (Å²) in [5.41, 5.74) is 6.89. The monoisotopic (exact) mass is 395 g/mol. The highest BCUT2D eigenvalue weighted by molar-refractivity contribution is 9.10. The van der Waals surface area contributed by atoms with Crippen molar-refractivity contribution in [2.24, 2.45) is 11.7 Å². The summed E-state index contributed by atoms with van der Waals surface area (Å²) in [6.45, 7) is 7.27. The van der Waals surface area contributed by atoms with Crippen LogP contribution in [-0.4, -0.2) is 41.9 Å². The van der Waals surface area contributed by atoms with E-state index in [1.54, 1.807) is 4.90 Å². The molecule has 2 rings (SSSR count). The molecule has 24 heavy (non-hydrogen) atoms. The first-order valence-corrected chi connectivity index (χ1v) is 9.10. The topological polar surface area (TPSA) is 75.4 Å². The second-order valence-corrected chi connectivity index (χ2v) is 8.04. The predicted octanol–water partition coefficient (Wildman–Crippen LogP) is 2.46. The van der Waals surface area contributed by atoms with E-state index >= 15 is 0 Å². The fraction of sp³-hybridized carbons (Fsp3) is 0.556. The number of halogens is 1. The molecule has 1 aromatic carbocycles. The Hall–Kier alpha value is -1.40. The molecule has 1 saturated heterocycles. The first-order chi connectivity index (χ1) is 11.2. The fourth-order valence-electron chi connectivity index (χ4n) is 2.90. The van der Waals surface area contributed by atoms with E-state index in [1.807, 2.05) is 39.0 Å². The summed E-state index contributed by atoms with van der Waals surface area (Å²) >= 11 is 3.42. The number of amides is 2. The lowest BCUT2D eigenvalue weighted by Crippen LogP contribution is -2.53. The molecule has 1 aliphatic heterocycles. The third-order valence-electron chi connectivity index (χ3n) is 4.47. The van der Waals surface area contributed by atoms with Crippen molar-refractivity contribution in [1.82, 2.24) is 10.2 Å².